The summed E-state index contributed by atoms with van der Waals surface area (Å²) in [7, 11) is 2.18. The fourth-order valence-electron chi connectivity index (χ4n) is 5.62. The van der Waals surface area contributed by atoms with Crippen molar-refractivity contribution in [1.82, 2.24) is 24.6 Å². The first-order valence-electron chi connectivity index (χ1n) is 12.1. The number of pyridine rings is 1. The molecule has 0 amide bonds. The molecule has 7 heteroatoms. The molecule has 6 rings (SSSR count). The number of anilines is 1. The van der Waals surface area contributed by atoms with E-state index in [1.807, 2.05) is 10.8 Å². The molecule has 3 aromatic heterocycles. The van der Waals surface area contributed by atoms with E-state index in [9.17, 15) is 4.79 Å². The van der Waals surface area contributed by atoms with Gasteiger partial charge in [-0.3, -0.25) is 4.79 Å². The van der Waals surface area contributed by atoms with Gasteiger partial charge in [-0.2, -0.15) is 0 Å². The highest BCUT2D eigenvalue weighted by atomic mass is 16.1. The van der Waals surface area contributed by atoms with Gasteiger partial charge in [-0.15, -0.1) is 10.2 Å². The lowest BCUT2D eigenvalue weighted by atomic mass is 9.99. The molecule has 4 aromatic rings. The second-order valence-corrected chi connectivity index (χ2v) is 9.77. The zero-order valence-corrected chi connectivity index (χ0v) is 20.1. The first kappa shape index (κ1) is 21.1. The van der Waals surface area contributed by atoms with Crippen LogP contribution in [0.5, 0.6) is 0 Å². The van der Waals surface area contributed by atoms with Gasteiger partial charge in [0, 0.05) is 72.9 Å². The lowest BCUT2D eigenvalue weighted by Crippen LogP contribution is -2.45. The number of nitrogens with one attached hydrogen (secondary N) is 1. The largest absolute Gasteiger partial charge is 0.369 e. The third-order valence-electron chi connectivity index (χ3n) is 7.38. The Bertz CT molecular complexity index is 1430. The van der Waals surface area contributed by atoms with Crippen LogP contribution in [0.4, 0.5) is 5.69 Å². The fourth-order valence-corrected chi connectivity index (χ4v) is 5.62. The van der Waals surface area contributed by atoms with Crippen LogP contribution < -0.4 is 10.5 Å². The number of piperazine rings is 1. The van der Waals surface area contributed by atoms with Crippen molar-refractivity contribution in [3.63, 3.8) is 0 Å². The Labute approximate surface area is 199 Å². The Morgan fingerprint density at radius 1 is 0.882 bits per heavy atom. The molecule has 0 bridgehead atoms. The van der Waals surface area contributed by atoms with Gasteiger partial charge < -0.3 is 19.4 Å². The van der Waals surface area contributed by atoms with Crippen LogP contribution in [0.1, 0.15) is 23.2 Å². The second-order valence-electron chi connectivity index (χ2n) is 9.77. The fraction of sp³-hybridized carbons (Fsp3) is 0.370. The highest BCUT2D eigenvalue weighted by molar-refractivity contribution is 5.95. The number of hydrogen-bond acceptors (Lipinski definition) is 5. The molecule has 0 saturated carbocycles. The molecule has 0 unspecified atom stereocenters. The highest BCUT2D eigenvalue weighted by Crippen LogP contribution is 2.34. The summed E-state index contributed by atoms with van der Waals surface area (Å²) in [5, 5.41) is 9.99. The van der Waals surface area contributed by atoms with E-state index in [4.69, 9.17) is 0 Å². The van der Waals surface area contributed by atoms with Crippen molar-refractivity contribution < 1.29 is 0 Å². The van der Waals surface area contributed by atoms with Gasteiger partial charge in [-0.1, -0.05) is 0 Å². The number of aromatic amines is 1. The predicted octanol–water partition coefficient (Wildman–Crippen LogP) is 3.77. The predicted molar refractivity (Wildman–Crippen MR) is 137 cm³/mol. The molecule has 34 heavy (non-hydrogen) atoms. The number of fused-ring (bicyclic) bond motifs is 2. The number of H-pyrrole nitrogens is 1. The minimum Gasteiger partial charge on any atom is -0.369 e. The molecule has 1 N–H and O–H groups in total. The molecule has 0 atom stereocenters. The van der Waals surface area contributed by atoms with Crippen LogP contribution in [0, 0.1) is 13.8 Å². The maximum atomic E-state index is 12.6. The number of aromatic nitrogens is 4. The summed E-state index contributed by atoms with van der Waals surface area (Å²) >= 11 is 0. The van der Waals surface area contributed by atoms with Crippen LogP contribution in [0.2, 0.25) is 0 Å². The topological polar surface area (TPSA) is 70.0 Å². The Hall–Kier alpha value is -3.45. The van der Waals surface area contributed by atoms with E-state index in [0.29, 0.717) is 0 Å². The van der Waals surface area contributed by atoms with E-state index in [0.717, 1.165) is 84.7 Å². The molecule has 1 fully saturated rings. The van der Waals surface area contributed by atoms with Crippen molar-refractivity contribution in [3.05, 3.63) is 63.7 Å². The summed E-state index contributed by atoms with van der Waals surface area (Å²) in [5.74, 6) is 0. The van der Waals surface area contributed by atoms with Gasteiger partial charge in [-0.05, 0) is 74.7 Å². The van der Waals surface area contributed by atoms with Crippen LogP contribution in [0.25, 0.3) is 33.4 Å². The Kier molecular flexibility index (Phi) is 5.03. The molecule has 2 aliphatic rings. The van der Waals surface area contributed by atoms with Gasteiger partial charge in [0.05, 0.1) is 5.69 Å². The number of nitrogens with zero attached hydrogens (tertiary/aromatic N) is 5. The molecular weight excluding hydrogens is 424 g/mol. The first-order valence-corrected chi connectivity index (χ1v) is 12.1. The van der Waals surface area contributed by atoms with Crippen LogP contribution in [0.3, 0.4) is 0 Å². The quantitative estimate of drug-likeness (QED) is 0.510. The molecule has 0 radical (unpaired) electrons. The summed E-state index contributed by atoms with van der Waals surface area (Å²) in [6.07, 6.45) is 3.93. The Balaban J connectivity index is 1.40. The van der Waals surface area contributed by atoms with Crippen LogP contribution in [0.15, 0.2) is 41.3 Å². The van der Waals surface area contributed by atoms with Crippen molar-refractivity contribution in [2.75, 3.05) is 38.1 Å². The average molecular weight is 455 g/mol. The van der Waals surface area contributed by atoms with Crippen molar-refractivity contribution in [1.29, 1.82) is 0 Å². The minimum atomic E-state index is 0.0762. The third-order valence-corrected chi connectivity index (χ3v) is 7.38. The van der Waals surface area contributed by atoms with Crippen molar-refractivity contribution in [2.24, 2.45) is 0 Å². The lowest BCUT2D eigenvalue weighted by Gasteiger charge is -2.36. The summed E-state index contributed by atoms with van der Waals surface area (Å²) in [4.78, 5) is 20.7. The maximum Gasteiger partial charge on any atom is 0.251 e. The monoisotopic (exact) mass is 454 g/mol. The normalized spacial score (nSPS) is 16.4. The van der Waals surface area contributed by atoms with Gasteiger partial charge in [0.1, 0.15) is 0 Å². The summed E-state index contributed by atoms with van der Waals surface area (Å²) in [5.41, 5.74) is 9.67. The molecule has 174 valence electrons. The van der Waals surface area contributed by atoms with E-state index < -0.39 is 0 Å². The maximum absolute atomic E-state index is 12.6. The van der Waals surface area contributed by atoms with Crippen molar-refractivity contribution in [3.8, 4) is 22.4 Å². The van der Waals surface area contributed by atoms with Gasteiger partial charge in [0.2, 0.25) is 0 Å². The van der Waals surface area contributed by atoms with E-state index in [-0.39, 0.29) is 5.56 Å². The SMILES string of the molecule is Cc1cc(-c2cc3c(-c4cc5n(c(=O)c4)CCC5)c[nH]c3nn2)cc(C)c1N1CCN(C)CC1. The number of rotatable bonds is 3. The zero-order valence-electron chi connectivity index (χ0n) is 20.1. The van der Waals surface area contributed by atoms with E-state index in [1.165, 1.54) is 16.8 Å². The Morgan fingerprint density at radius 2 is 1.65 bits per heavy atom. The van der Waals surface area contributed by atoms with E-state index >= 15 is 0 Å². The molecule has 7 nitrogen and oxygen atoms in total. The minimum absolute atomic E-state index is 0.0762. The molecule has 2 aliphatic heterocycles. The number of likely N-dealkylation sites (N-methyl/N-ethyl adjacent to an activating group) is 1. The average Bonchev–Trinajstić information content (AvgIpc) is 3.46. The van der Waals surface area contributed by atoms with Crippen LogP contribution in [-0.2, 0) is 13.0 Å². The zero-order chi connectivity index (χ0) is 23.4. The van der Waals surface area contributed by atoms with Gasteiger partial charge in [0.25, 0.3) is 5.56 Å². The summed E-state index contributed by atoms with van der Waals surface area (Å²) in [6, 6.07) is 10.4. The van der Waals surface area contributed by atoms with Gasteiger partial charge in [-0.25, -0.2) is 0 Å². The van der Waals surface area contributed by atoms with E-state index in [2.05, 4.69) is 70.1 Å². The number of benzene rings is 1. The lowest BCUT2D eigenvalue weighted by molar-refractivity contribution is 0.312. The highest BCUT2D eigenvalue weighted by Gasteiger charge is 2.20. The standard InChI is InChI=1S/C27H30N6O/c1-17-11-20(12-18(2)26(17)32-9-7-31(3)8-10-32)24-15-22-23(16-28-27(22)30-29-24)19-13-21-5-4-6-33(21)25(34)14-19/h11-16H,4-10H2,1-3H3,(H,28,30). The smallest absolute Gasteiger partial charge is 0.251 e. The molecular formula is C27H30N6O. The second kappa shape index (κ2) is 8.09. The van der Waals surface area contributed by atoms with Crippen molar-refractivity contribution >= 4 is 16.7 Å². The summed E-state index contributed by atoms with van der Waals surface area (Å²) < 4.78 is 1.89. The van der Waals surface area contributed by atoms with E-state index in [1.54, 1.807) is 6.07 Å². The van der Waals surface area contributed by atoms with Gasteiger partial charge in [0.15, 0.2) is 5.65 Å². The Morgan fingerprint density at radius 3 is 2.41 bits per heavy atom. The molecule has 5 heterocycles. The number of aryl methyl sites for hydroxylation is 3. The molecule has 1 saturated heterocycles. The van der Waals surface area contributed by atoms with Crippen molar-refractivity contribution in [2.45, 2.75) is 33.2 Å². The van der Waals surface area contributed by atoms with Gasteiger partial charge >= 0.3 is 0 Å². The molecule has 0 spiro atoms. The third kappa shape index (κ3) is 3.51. The molecule has 1 aromatic carbocycles. The summed E-state index contributed by atoms with van der Waals surface area (Å²) in [6.45, 7) is 9.48. The van der Waals surface area contributed by atoms with Crippen LogP contribution in [-0.4, -0.2) is 57.9 Å². The number of hydrogen-bond donors (Lipinski definition) is 1. The van der Waals surface area contributed by atoms with Crippen LogP contribution >= 0.6 is 0 Å². The first-order chi connectivity index (χ1) is 16.5. The molecule has 0 aliphatic carbocycles.